The van der Waals surface area contributed by atoms with E-state index in [2.05, 4.69) is 20.8 Å². The summed E-state index contributed by atoms with van der Waals surface area (Å²) in [5.41, 5.74) is 4.87. The molecule has 84 valence electrons. The summed E-state index contributed by atoms with van der Waals surface area (Å²) >= 11 is 0. The van der Waals surface area contributed by atoms with Gasteiger partial charge in [0.2, 0.25) is 0 Å². The van der Waals surface area contributed by atoms with Crippen molar-refractivity contribution in [2.45, 2.75) is 6.92 Å². The minimum absolute atomic E-state index is 0.0742. The molecule has 0 atom stereocenters. The zero-order valence-corrected chi connectivity index (χ0v) is 9.19. The number of carbonyl (C=O) groups is 1. The van der Waals surface area contributed by atoms with Crippen LogP contribution in [0.25, 0.3) is 11.0 Å². The molecule has 1 heterocycles. The molecule has 2 aromatic rings. The lowest BCUT2D eigenvalue weighted by atomic mass is 10.2. The standard InChI is InChI=1S/C10H13N5O/c1-3-15(11-2)10(16)7-4-5-8-9(6-7)13-14-12-8/h4-6,11H,3H2,1-2H3,(H,12,13,14). The first-order valence-corrected chi connectivity index (χ1v) is 5.06. The molecule has 2 N–H and O–H groups in total. The molecular weight excluding hydrogens is 206 g/mol. The van der Waals surface area contributed by atoms with Crippen molar-refractivity contribution in [3.05, 3.63) is 23.8 Å². The van der Waals surface area contributed by atoms with Crippen LogP contribution in [-0.4, -0.2) is 39.9 Å². The molecule has 6 heteroatoms. The lowest BCUT2D eigenvalue weighted by molar-refractivity contribution is 0.0693. The van der Waals surface area contributed by atoms with Gasteiger partial charge in [0, 0.05) is 19.2 Å². The van der Waals surface area contributed by atoms with Crippen molar-refractivity contribution < 1.29 is 4.79 Å². The van der Waals surface area contributed by atoms with Gasteiger partial charge in [-0.1, -0.05) is 0 Å². The number of nitrogens with zero attached hydrogens (tertiary/aromatic N) is 3. The Bertz CT molecular complexity index is 503. The minimum Gasteiger partial charge on any atom is -0.274 e. The Morgan fingerprint density at radius 2 is 2.19 bits per heavy atom. The molecule has 0 spiro atoms. The molecule has 1 aromatic carbocycles. The first kappa shape index (κ1) is 10.6. The molecular formula is C10H13N5O. The molecule has 6 nitrogen and oxygen atoms in total. The molecule has 0 saturated heterocycles. The second-order valence-corrected chi connectivity index (χ2v) is 3.30. The molecule has 0 radical (unpaired) electrons. The van der Waals surface area contributed by atoms with Gasteiger partial charge < -0.3 is 0 Å². The number of nitrogens with one attached hydrogen (secondary N) is 2. The molecule has 0 saturated carbocycles. The fourth-order valence-electron chi connectivity index (χ4n) is 1.53. The predicted octanol–water partition coefficient (Wildman–Crippen LogP) is 0.554. The largest absolute Gasteiger partial charge is 0.274 e. The second-order valence-electron chi connectivity index (χ2n) is 3.30. The van der Waals surface area contributed by atoms with Gasteiger partial charge in [-0.3, -0.25) is 9.80 Å². The molecule has 1 amide bonds. The van der Waals surface area contributed by atoms with E-state index in [0.29, 0.717) is 17.6 Å². The van der Waals surface area contributed by atoms with Crippen molar-refractivity contribution in [2.24, 2.45) is 0 Å². The van der Waals surface area contributed by atoms with Crippen LogP contribution in [0.3, 0.4) is 0 Å². The summed E-state index contributed by atoms with van der Waals surface area (Å²) in [6.45, 7) is 2.51. The third kappa shape index (κ3) is 1.74. The first-order chi connectivity index (χ1) is 7.76. The fraction of sp³-hybridized carbons (Fsp3) is 0.300. The number of fused-ring (bicyclic) bond motifs is 1. The van der Waals surface area contributed by atoms with E-state index in [0.717, 1.165) is 5.52 Å². The molecule has 0 bridgehead atoms. The van der Waals surface area contributed by atoms with E-state index in [1.807, 2.05) is 6.92 Å². The van der Waals surface area contributed by atoms with Gasteiger partial charge in [0.05, 0.1) is 0 Å². The first-order valence-electron chi connectivity index (χ1n) is 5.06. The molecule has 0 fully saturated rings. The Kier molecular flexibility index (Phi) is 2.82. The third-order valence-electron chi connectivity index (χ3n) is 2.39. The van der Waals surface area contributed by atoms with Gasteiger partial charge >= 0.3 is 0 Å². The van der Waals surface area contributed by atoms with Crippen LogP contribution >= 0.6 is 0 Å². The zero-order valence-electron chi connectivity index (χ0n) is 9.19. The maximum Gasteiger partial charge on any atom is 0.268 e. The molecule has 0 aliphatic rings. The van der Waals surface area contributed by atoms with Gasteiger partial charge in [0.25, 0.3) is 5.91 Å². The van der Waals surface area contributed by atoms with Crippen molar-refractivity contribution >= 4 is 16.9 Å². The summed E-state index contributed by atoms with van der Waals surface area (Å²) in [7, 11) is 1.72. The average Bonchev–Trinajstić information content (AvgIpc) is 2.77. The summed E-state index contributed by atoms with van der Waals surface area (Å²) in [5.74, 6) is -0.0742. The SMILES string of the molecule is CCN(NC)C(=O)c1ccc2n[nH]nc2c1. The zero-order chi connectivity index (χ0) is 11.5. The Morgan fingerprint density at radius 3 is 2.88 bits per heavy atom. The van der Waals surface area contributed by atoms with Crippen LogP contribution in [0.1, 0.15) is 17.3 Å². The van der Waals surface area contributed by atoms with Crippen molar-refractivity contribution in [3.63, 3.8) is 0 Å². The lowest BCUT2D eigenvalue weighted by Gasteiger charge is -2.18. The highest BCUT2D eigenvalue weighted by atomic mass is 16.2. The van der Waals surface area contributed by atoms with E-state index in [4.69, 9.17) is 0 Å². The lowest BCUT2D eigenvalue weighted by Crippen LogP contribution is -2.40. The highest BCUT2D eigenvalue weighted by Gasteiger charge is 2.13. The summed E-state index contributed by atoms with van der Waals surface area (Å²) in [5, 5.41) is 11.9. The highest BCUT2D eigenvalue weighted by molar-refractivity contribution is 5.96. The highest BCUT2D eigenvalue weighted by Crippen LogP contribution is 2.11. The van der Waals surface area contributed by atoms with E-state index in [-0.39, 0.29) is 5.91 Å². The number of aromatic amines is 1. The molecule has 0 aliphatic heterocycles. The molecule has 16 heavy (non-hydrogen) atoms. The molecule has 1 aromatic heterocycles. The van der Waals surface area contributed by atoms with Crippen LogP contribution in [-0.2, 0) is 0 Å². The molecule has 2 rings (SSSR count). The number of hydrogen-bond donors (Lipinski definition) is 2. The van der Waals surface area contributed by atoms with E-state index >= 15 is 0 Å². The van der Waals surface area contributed by atoms with Crippen LogP contribution in [0.4, 0.5) is 0 Å². The van der Waals surface area contributed by atoms with Crippen LogP contribution in [0.5, 0.6) is 0 Å². The van der Waals surface area contributed by atoms with Gasteiger partial charge in [-0.15, -0.1) is 0 Å². The summed E-state index contributed by atoms with van der Waals surface area (Å²) < 4.78 is 0. The second kappa shape index (κ2) is 4.28. The summed E-state index contributed by atoms with van der Waals surface area (Å²) in [4.78, 5) is 12.0. The van der Waals surface area contributed by atoms with Crippen LogP contribution in [0.2, 0.25) is 0 Å². The van der Waals surface area contributed by atoms with Crippen molar-refractivity contribution in [1.29, 1.82) is 0 Å². The maximum atomic E-state index is 12.0. The smallest absolute Gasteiger partial charge is 0.268 e. The van der Waals surface area contributed by atoms with E-state index in [9.17, 15) is 4.79 Å². The van der Waals surface area contributed by atoms with Crippen molar-refractivity contribution in [3.8, 4) is 0 Å². The number of carbonyl (C=O) groups excluding carboxylic acids is 1. The Morgan fingerprint density at radius 1 is 1.44 bits per heavy atom. The van der Waals surface area contributed by atoms with Gasteiger partial charge in [-0.2, -0.15) is 15.4 Å². The number of H-pyrrole nitrogens is 1. The summed E-state index contributed by atoms with van der Waals surface area (Å²) in [6, 6.07) is 5.24. The Labute approximate surface area is 92.6 Å². The topological polar surface area (TPSA) is 73.9 Å². The van der Waals surface area contributed by atoms with Crippen LogP contribution in [0, 0.1) is 0 Å². The van der Waals surface area contributed by atoms with E-state index < -0.39 is 0 Å². The Balaban J connectivity index is 2.35. The van der Waals surface area contributed by atoms with Crippen LogP contribution in [0.15, 0.2) is 18.2 Å². The van der Waals surface area contributed by atoms with Gasteiger partial charge in [0.1, 0.15) is 11.0 Å². The fourth-order valence-corrected chi connectivity index (χ4v) is 1.53. The van der Waals surface area contributed by atoms with Crippen molar-refractivity contribution in [1.82, 2.24) is 25.8 Å². The normalized spacial score (nSPS) is 10.6. The van der Waals surface area contributed by atoms with Gasteiger partial charge in [-0.05, 0) is 25.1 Å². The Hall–Kier alpha value is -1.95. The average molecular weight is 219 g/mol. The van der Waals surface area contributed by atoms with Gasteiger partial charge in [0.15, 0.2) is 0 Å². The third-order valence-corrected chi connectivity index (χ3v) is 2.39. The summed E-state index contributed by atoms with van der Waals surface area (Å²) in [6.07, 6.45) is 0. The maximum absolute atomic E-state index is 12.0. The number of rotatable bonds is 3. The van der Waals surface area contributed by atoms with Crippen molar-refractivity contribution in [2.75, 3.05) is 13.6 Å². The number of hydrogen-bond acceptors (Lipinski definition) is 4. The minimum atomic E-state index is -0.0742. The number of aromatic nitrogens is 3. The van der Waals surface area contributed by atoms with E-state index in [1.165, 1.54) is 5.01 Å². The van der Waals surface area contributed by atoms with Gasteiger partial charge in [-0.25, -0.2) is 5.43 Å². The van der Waals surface area contributed by atoms with Crippen LogP contribution < -0.4 is 5.43 Å². The molecule has 0 aliphatic carbocycles. The quantitative estimate of drug-likeness (QED) is 0.739. The molecule has 0 unspecified atom stereocenters. The number of amides is 1. The number of hydrazine groups is 1. The monoisotopic (exact) mass is 219 g/mol. The van der Waals surface area contributed by atoms with E-state index in [1.54, 1.807) is 25.2 Å². The number of benzene rings is 1. The predicted molar refractivity (Wildman–Crippen MR) is 59.7 cm³/mol.